The summed E-state index contributed by atoms with van der Waals surface area (Å²) < 4.78 is 38.2. The fourth-order valence-corrected chi connectivity index (χ4v) is 3.77. The first kappa shape index (κ1) is 22.2. The number of ether oxygens (including phenoxy) is 2. The summed E-state index contributed by atoms with van der Waals surface area (Å²) in [6, 6.07) is 19.3. The Bertz CT molecular complexity index is 1110. The fourth-order valence-electron chi connectivity index (χ4n) is 2.72. The Kier molecular flexibility index (Phi) is 7.15. The van der Waals surface area contributed by atoms with Gasteiger partial charge in [-0.2, -0.15) is 0 Å². The molecule has 1 amide bonds. The van der Waals surface area contributed by atoms with E-state index in [1.807, 2.05) is 6.92 Å². The fraction of sp³-hybridized carbons (Fsp3) is 0.174. The topological polar surface area (TPSA) is 93.7 Å². The molecule has 8 heteroatoms. The molecule has 0 fully saturated rings. The zero-order chi connectivity index (χ0) is 22.3. The van der Waals surface area contributed by atoms with Gasteiger partial charge < -0.3 is 14.8 Å². The molecule has 3 aromatic carbocycles. The van der Waals surface area contributed by atoms with Crippen molar-refractivity contribution in [2.45, 2.75) is 18.2 Å². The van der Waals surface area contributed by atoms with Crippen LogP contribution in [-0.2, 0) is 10.0 Å². The second-order valence-electron chi connectivity index (χ2n) is 6.69. The maximum Gasteiger partial charge on any atom is 0.261 e. The molecule has 162 valence electrons. The Morgan fingerprint density at radius 1 is 0.839 bits per heavy atom. The number of carbonyl (C=O) groups is 1. The van der Waals surface area contributed by atoms with E-state index in [1.54, 1.807) is 60.7 Å². The Morgan fingerprint density at radius 3 is 2.00 bits per heavy atom. The lowest BCUT2D eigenvalue weighted by Gasteiger charge is -2.10. The van der Waals surface area contributed by atoms with Crippen molar-refractivity contribution < 1.29 is 22.7 Å². The Morgan fingerprint density at radius 2 is 1.42 bits per heavy atom. The SMILES string of the molecule is CCCOc1ccc(C(=O)Nc2ccc(S(=O)(=O)Nc3ccc(OC)cc3)cc2)cc1. The third-order valence-corrected chi connectivity index (χ3v) is 5.75. The first-order valence-corrected chi connectivity index (χ1v) is 11.2. The number of amides is 1. The van der Waals surface area contributed by atoms with Crippen LogP contribution in [-0.4, -0.2) is 28.0 Å². The number of hydrogen-bond acceptors (Lipinski definition) is 5. The molecule has 0 aromatic heterocycles. The first-order chi connectivity index (χ1) is 14.9. The van der Waals surface area contributed by atoms with Crippen molar-refractivity contribution in [2.24, 2.45) is 0 Å². The lowest BCUT2D eigenvalue weighted by molar-refractivity contribution is 0.102. The molecule has 0 radical (unpaired) electrons. The summed E-state index contributed by atoms with van der Waals surface area (Å²) in [6.45, 7) is 2.64. The van der Waals surface area contributed by atoms with Crippen molar-refractivity contribution in [1.29, 1.82) is 0 Å². The predicted octanol–water partition coefficient (Wildman–Crippen LogP) is 4.54. The van der Waals surface area contributed by atoms with Crippen molar-refractivity contribution in [3.05, 3.63) is 78.4 Å². The average Bonchev–Trinajstić information content (AvgIpc) is 2.78. The number of rotatable bonds is 9. The highest BCUT2D eigenvalue weighted by atomic mass is 32.2. The highest BCUT2D eigenvalue weighted by Gasteiger charge is 2.15. The molecule has 3 aromatic rings. The molecule has 0 saturated carbocycles. The normalized spacial score (nSPS) is 10.9. The van der Waals surface area contributed by atoms with Crippen LogP contribution < -0.4 is 19.5 Å². The summed E-state index contributed by atoms with van der Waals surface area (Å²) in [5.41, 5.74) is 1.38. The van der Waals surface area contributed by atoms with Crippen LogP contribution in [0.4, 0.5) is 11.4 Å². The number of carbonyl (C=O) groups excluding carboxylic acids is 1. The zero-order valence-electron chi connectivity index (χ0n) is 17.3. The quantitative estimate of drug-likeness (QED) is 0.510. The van der Waals surface area contributed by atoms with Crippen LogP contribution in [0.1, 0.15) is 23.7 Å². The average molecular weight is 441 g/mol. The number of sulfonamides is 1. The van der Waals surface area contributed by atoms with E-state index < -0.39 is 10.0 Å². The van der Waals surface area contributed by atoms with Crippen molar-refractivity contribution >= 4 is 27.3 Å². The Hall–Kier alpha value is -3.52. The molecule has 31 heavy (non-hydrogen) atoms. The second kappa shape index (κ2) is 9.99. The van der Waals surface area contributed by atoms with Gasteiger partial charge in [0.25, 0.3) is 15.9 Å². The number of benzene rings is 3. The molecule has 0 saturated heterocycles. The van der Waals surface area contributed by atoms with Crippen LogP contribution in [0.15, 0.2) is 77.7 Å². The van der Waals surface area contributed by atoms with Gasteiger partial charge in [0.1, 0.15) is 11.5 Å². The monoisotopic (exact) mass is 440 g/mol. The Labute approximate surface area is 182 Å². The highest BCUT2D eigenvalue weighted by molar-refractivity contribution is 7.92. The number of nitrogens with one attached hydrogen (secondary N) is 2. The van der Waals surface area contributed by atoms with Crippen LogP contribution in [0.3, 0.4) is 0 Å². The van der Waals surface area contributed by atoms with E-state index in [4.69, 9.17) is 9.47 Å². The minimum absolute atomic E-state index is 0.0822. The van der Waals surface area contributed by atoms with E-state index >= 15 is 0 Å². The van der Waals surface area contributed by atoms with Crippen LogP contribution in [0.5, 0.6) is 11.5 Å². The minimum Gasteiger partial charge on any atom is -0.497 e. The smallest absolute Gasteiger partial charge is 0.261 e. The van der Waals surface area contributed by atoms with Crippen molar-refractivity contribution in [3.8, 4) is 11.5 Å². The van der Waals surface area contributed by atoms with Gasteiger partial charge in [0.2, 0.25) is 0 Å². The van der Waals surface area contributed by atoms with Crippen LogP contribution in [0, 0.1) is 0 Å². The third-order valence-electron chi connectivity index (χ3n) is 4.35. The van der Waals surface area contributed by atoms with Gasteiger partial charge in [-0.3, -0.25) is 9.52 Å². The summed E-state index contributed by atoms with van der Waals surface area (Å²) in [5, 5.41) is 2.75. The summed E-state index contributed by atoms with van der Waals surface area (Å²) in [6.07, 6.45) is 0.906. The molecule has 0 aliphatic carbocycles. The molecule has 0 bridgehead atoms. The molecule has 0 aliphatic heterocycles. The predicted molar refractivity (Wildman–Crippen MR) is 120 cm³/mol. The number of methoxy groups -OCH3 is 1. The molecule has 0 heterocycles. The van der Waals surface area contributed by atoms with E-state index in [1.165, 1.54) is 19.2 Å². The van der Waals surface area contributed by atoms with Gasteiger partial charge in [-0.05, 0) is 79.2 Å². The van der Waals surface area contributed by atoms with Gasteiger partial charge in [-0.1, -0.05) is 6.92 Å². The van der Waals surface area contributed by atoms with Gasteiger partial charge in [-0.25, -0.2) is 8.42 Å². The van der Waals surface area contributed by atoms with Gasteiger partial charge >= 0.3 is 0 Å². The maximum absolute atomic E-state index is 12.6. The van der Waals surface area contributed by atoms with E-state index in [-0.39, 0.29) is 10.8 Å². The summed E-state index contributed by atoms with van der Waals surface area (Å²) in [7, 11) is -2.22. The van der Waals surface area contributed by atoms with Crippen LogP contribution in [0.25, 0.3) is 0 Å². The van der Waals surface area contributed by atoms with Crippen molar-refractivity contribution in [3.63, 3.8) is 0 Å². The standard InChI is InChI=1S/C23H24N2O5S/c1-3-16-30-21-10-4-17(5-11-21)23(26)24-18-8-14-22(15-9-18)31(27,28)25-19-6-12-20(29-2)13-7-19/h4-15,25H,3,16H2,1-2H3,(H,24,26). The van der Waals surface area contributed by atoms with Crippen LogP contribution in [0.2, 0.25) is 0 Å². The molecule has 0 unspecified atom stereocenters. The van der Waals surface area contributed by atoms with E-state index in [2.05, 4.69) is 10.0 Å². The minimum atomic E-state index is -3.76. The lowest BCUT2D eigenvalue weighted by atomic mass is 10.2. The number of anilines is 2. The molecule has 0 atom stereocenters. The van der Waals surface area contributed by atoms with E-state index in [9.17, 15) is 13.2 Å². The molecule has 2 N–H and O–H groups in total. The highest BCUT2D eigenvalue weighted by Crippen LogP contribution is 2.21. The molecule has 7 nitrogen and oxygen atoms in total. The molecule has 0 spiro atoms. The maximum atomic E-state index is 12.6. The summed E-state index contributed by atoms with van der Waals surface area (Å²) >= 11 is 0. The Balaban J connectivity index is 1.64. The van der Waals surface area contributed by atoms with Gasteiger partial charge in [-0.15, -0.1) is 0 Å². The van der Waals surface area contributed by atoms with E-state index in [0.29, 0.717) is 35.0 Å². The summed E-state index contributed by atoms with van der Waals surface area (Å²) in [5.74, 6) is 1.04. The van der Waals surface area contributed by atoms with Crippen molar-refractivity contribution in [2.75, 3.05) is 23.8 Å². The largest absolute Gasteiger partial charge is 0.497 e. The van der Waals surface area contributed by atoms with Gasteiger partial charge in [0.05, 0.1) is 18.6 Å². The lowest BCUT2D eigenvalue weighted by Crippen LogP contribution is -2.14. The van der Waals surface area contributed by atoms with E-state index in [0.717, 1.165) is 6.42 Å². The van der Waals surface area contributed by atoms with Gasteiger partial charge in [0, 0.05) is 16.9 Å². The number of hydrogen-bond donors (Lipinski definition) is 2. The first-order valence-electron chi connectivity index (χ1n) is 9.72. The third kappa shape index (κ3) is 5.99. The molecule has 3 rings (SSSR count). The molecule has 0 aliphatic rings. The molecular weight excluding hydrogens is 416 g/mol. The zero-order valence-corrected chi connectivity index (χ0v) is 18.1. The summed E-state index contributed by atoms with van der Waals surface area (Å²) in [4.78, 5) is 12.5. The molecular formula is C23H24N2O5S. The van der Waals surface area contributed by atoms with Crippen LogP contribution >= 0.6 is 0 Å². The second-order valence-corrected chi connectivity index (χ2v) is 8.37. The van der Waals surface area contributed by atoms with Gasteiger partial charge in [0.15, 0.2) is 0 Å². The van der Waals surface area contributed by atoms with Crippen molar-refractivity contribution in [1.82, 2.24) is 0 Å².